The van der Waals surface area contributed by atoms with Crippen molar-refractivity contribution < 1.29 is 14.2 Å². The molecule has 1 aliphatic rings. The Morgan fingerprint density at radius 1 is 1.11 bits per heavy atom. The van der Waals surface area contributed by atoms with Crippen molar-refractivity contribution in [3.63, 3.8) is 0 Å². The average Bonchev–Trinajstić information content (AvgIpc) is 2.70. The minimum Gasteiger partial charge on any atom is -0.493 e. The van der Waals surface area contributed by atoms with Crippen LogP contribution >= 0.6 is 0 Å². The summed E-state index contributed by atoms with van der Waals surface area (Å²) in [5, 5.41) is 0.727. The summed E-state index contributed by atoms with van der Waals surface area (Å²) in [7, 11) is 5.08. The number of fused-ring (bicyclic) bond motifs is 1. The van der Waals surface area contributed by atoms with Gasteiger partial charge in [0.15, 0.2) is 11.5 Å². The molecule has 0 atom stereocenters. The SMILES string of the molecule is COc1cc2nc(N(C)CCOCN3C=CCC=C3)nc(N)c2cc1OC. The molecular weight excluding hydrogens is 346 g/mol. The molecule has 0 spiro atoms. The fourth-order valence-electron chi connectivity index (χ4n) is 2.72. The van der Waals surface area contributed by atoms with Gasteiger partial charge >= 0.3 is 0 Å². The van der Waals surface area contributed by atoms with Crippen LogP contribution in [0.3, 0.4) is 0 Å². The van der Waals surface area contributed by atoms with Gasteiger partial charge < -0.3 is 29.7 Å². The predicted molar refractivity (Wildman–Crippen MR) is 106 cm³/mol. The lowest BCUT2D eigenvalue weighted by Gasteiger charge is -2.21. The van der Waals surface area contributed by atoms with Crippen molar-refractivity contribution in [3.8, 4) is 11.5 Å². The number of hydrogen-bond acceptors (Lipinski definition) is 8. The first-order valence-corrected chi connectivity index (χ1v) is 8.69. The molecule has 2 heterocycles. The number of nitrogens with zero attached hydrogens (tertiary/aromatic N) is 4. The summed E-state index contributed by atoms with van der Waals surface area (Å²) in [6.45, 7) is 1.69. The van der Waals surface area contributed by atoms with Crippen LogP contribution in [0.25, 0.3) is 10.9 Å². The van der Waals surface area contributed by atoms with Crippen molar-refractivity contribution in [2.24, 2.45) is 0 Å². The molecule has 0 saturated heterocycles. The number of rotatable bonds is 8. The summed E-state index contributed by atoms with van der Waals surface area (Å²) in [6, 6.07) is 3.59. The first-order chi connectivity index (χ1) is 13.1. The molecule has 1 aromatic carbocycles. The van der Waals surface area contributed by atoms with Crippen LogP contribution in [0.1, 0.15) is 6.42 Å². The number of benzene rings is 1. The number of nitrogen functional groups attached to an aromatic ring is 1. The Morgan fingerprint density at radius 2 is 1.81 bits per heavy atom. The van der Waals surface area contributed by atoms with Gasteiger partial charge in [0.1, 0.15) is 12.5 Å². The van der Waals surface area contributed by atoms with Crippen LogP contribution < -0.4 is 20.1 Å². The zero-order valence-corrected chi connectivity index (χ0v) is 15.9. The van der Waals surface area contributed by atoms with Crippen LogP contribution in [0.5, 0.6) is 11.5 Å². The highest BCUT2D eigenvalue weighted by atomic mass is 16.5. The van der Waals surface area contributed by atoms with E-state index in [1.54, 1.807) is 26.4 Å². The third-order valence-electron chi connectivity index (χ3n) is 4.24. The van der Waals surface area contributed by atoms with Crippen LogP contribution in [0.15, 0.2) is 36.7 Å². The first-order valence-electron chi connectivity index (χ1n) is 8.69. The first kappa shape index (κ1) is 18.8. The van der Waals surface area contributed by atoms with Gasteiger partial charge in [-0.25, -0.2) is 4.98 Å². The highest BCUT2D eigenvalue weighted by Crippen LogP contribution is 2.33. The summed E-state index contributed by atoms with van der Waals surface area (Å²) < 4.78 is 16.4. The van der Waals surface area contributed by atoms with Gasteiger partial charge in [0.25, 0.3) is 0 Å². The minimum atomic E-state index is 0.396. The van der Waals surface area contributed by atoms with E-state index >= 15 is 0 Å². The molecular formula is C19H25N5O3. The molecule has 27 heavy (non-hydrogen) atoms. The largest absolute Gasteiger partial charge is 0.493 e. The zero-order chi connectivity index (χ0) is 19.2. The molecule has 0 bridgehead atoms. The van der Waals surface area contributed by atoms with E-state index in [4.69, 9.17) is 19.9 Å². The summed E-state index contributed by atoms with van der Waals surface area (Å²) in [4.78, 5) is 12.9. The van der Waals surface area contributed by atoms with Crippen LogP contribution in [0, 0.1) is 0 Å². The Labute approximate surface area is 158 Å². The lowest BCUT2D eigenvalue weighted by atomic mass is 10.2. The fraction of sp³-hybridized carbons (Fsp3) is 0.368. The maximum atomic E-state index is 6.14. The fourth-order valence-corrected chi connectivity index (χ4v) is 2.72. The van der Waals surface area contributed by atoms with Crippen LogP contribution in [-0.2, 0) is 4.74 Å². The summed E-state index contributed by atoms with van der Waals surface area (Å²) in [5.74, 6) is 2.12. The van der Waals surface area contributed by atoms with E-state index in [1.807, 2.05) is 29.2 Å². The molecule has 0 amide bonds. The molecule has 8 nitrogen and oxygen atoms in total. The Morgan fingerprint density at radius 3 is 2.52 bits per heavy atom. The maximum Gasteiger partial charge on any atom is 0.227 e. The molecule has 1 aliphatic heterocycles. The number of anilines is 2. The van der Waals surface area contributed by atoms with E-state index in [9.17, 15) is 0 Å². The molecule has 3 rings (SSSR count). The van der Waals surface area contributed by atoms with E-state index in [0.717, 1.165) is 11.8 Å². The van der Waals surface area contributed by atoms with Crippen LogP contribution in [-0.4, -0.2) is 56.0 Å². The molecule has 0 aliphatic carbocycles. The maximum absolute atomic E-state index is 6.14. The van der Waals surface area contributed by atoms with Crippen molar-refractivity contribution in [3.05, 3.63) is 36.7 Å². The van der Waals surface area contributed by atoms with Crippen LogP contribution in [0.4, 0.5) is 11.8 Å². The monoisotopic (exact) mass is 371 g/mol. The zero-order valence-electron chi connectivity index (χ0n) is 15.9. The number of hydrogen-bond donors (Lipinski definition) is 1. The van der Waals surface area contributed by atoms with Crippen molar-refractivity contribution >= 4 is 22.7 Å². The van der Waals surface area contributed by atoms with Gasteiger partial charge in [-0.2, -0.15) is 4.98 Å². The predicted octanol–water partition coefficient (Wildman–Crippen LogP) is 2.37. The van der Waals surface area contributed by atoms with Crippen molar-refractivity contribution in [2.45, 2.75) is 6.42 Å². The van der Waals surface area contributed by atoms with Gasteiger partial charge in [0.05, 0.1) is 26.3 Å². The lowest BCUT2D eigenvalue weighted by molar-refractivity contribution is 0.0793. The standard InChI is InChI=1S/C19H25N5O3/c1-23(9-10-27-13-24-7-5-4-6-8-24)19-21-15-12-17(26-3)16(25-2)11-14(15)18(20)22-19/h5-8,11-12H,4,9-10,13H2,1-3H3,(H2,20,21,22). The average molecular weight is 371 g/mol. The van der Waals surface area contributed by atoms with Gasteiger partial charge in [0, 0.05) is 37.4 Å². The molecule has 2 aromatic rings. The van der Waals surface area contributed by atoms with Gasteiger partial charge in [-0.05, 0) is 12.5 Å². The Kier molecular flexibility index (Phi) is 5.97. The van der Waals surface area contributed by atoms with Gasteiger partial charge in [-0.1, -0.05) is 12.2 Å². The third-order valence-corrected chi connectivity index (χ3v) is 4.24. The number of likely N-dealkylation sites (N-methyl/N-ethyl adjacent to an activating group) is 1. The van der Waals surface area contributed by atoms with Crippen molar-refractivity contribution in [1.82, 2.24) is 14.9 Å². The van der Waals surface area contributed by atoms with Gasteiger partial charge in [-0.3, -0.25) is 0 Å². The number of ether oxygens (including phenoxy) is 3. The Balaban J connectivity index is 1.67. The number of aromatic nitrogens is 2. The van der Waals surface area contributed by atoms with Crippen molar-refractivity contribution in [2.75, 3.05) is 51.8 Å². The van der Waals surface area contributed by atoms with Crippen molar-refractivity contribution in [1.29, 1.82) is 0 Å². The molecule has 144 valence electrons. The number of nitrogens with two attached hydrogens (primary N) is 1. The lowest BCUT2D eigenvalue weighted by Crippen LogP contribution is -2.26. The van der Waals surface area contributed by atoms with Crippen LogP contribution in [0.2, 0.25) is 0 Å². The number of methoxy groups -OCH3 is 2. The Bertz CT molecular complexity index is 841. The summed E-state index contributed by atoms with van der Waals surface area (Å²) in [5.41, 5.74) is 6.84. The molecule has 8 heteroatoms. The second-order valence-corrected chi connectivity index (χ2v) is 6.11. The minimum absolute atomic E-state index is 0.396. The van der Waals surface area contributed by atoms with Gasteiger partial charge in [-0.15, -0.1) is 0 Å². The quantitative estimate of drug-likeness (QED) is 0.708. The Hall–Kier alpha value is -3.00. The highest BCUT2D eigenvalue weighted by Gasteiger charge is 2.13. The normalized spacial score (nSPS) is 13.2. The molecule has 2 N–H and O–H groups in total. The third kappa shape index (κ3) is 4.40. The smallest absolute Gasteiger partial charge is 0.227 e. The summed E-state index contributed by atoms with van der Waals surface area (Å²) in [6.07, 6.45) is 9.17. The van der Waals surface area contributed by atoms with E-state index in [0.29, 0.717) is 48.7 Å². The topological polar surface area (TPSA) is 86.0 Å². The van der Waals surface area contributed by atoms with E-state index in [2.05, 4.69) is 22.1 Å². The second-order valence-electron chi connectivity index (χ2n) is 6.11. The highest BCUT2D eigenvalue weighted by molar-refractivity contribution is 5.91. The second kappa shape index (κ2) is 8.59. The molecule has 1 aromatic heterocycles. The van der Waals surface area contributed by atoms with Gasteiger partial charge in [0.2, 0.25) is 5.95 Å². The van der Waals surface area contributed by atoms with E-state index in [1.165, 1.54) is 0 Å². The molecule has 0 saturated carbocycles. The number of allylic oxidation sites excluding steroid dienone is 2. The van der Waals surface area contributed by atoms with E-state index < -0.39 is 0 Å². The molecule has 0 fully saturated rings. The van der Waals surface area contributed by atoms with E-state index in [-0.39, 0.29) is 0 Å². The summed E-state index contributed by atoms with van der Waals surface area (Å²) >= 11 is 0. The molecule has 0 radical (unpaired) electrons. The molecule has 0 unspecified atom stereocenters.